The molecule has 0 saturated carbocycles. The first-order valence-corrected chi connectivity index (χ1v) is 12.3. The fourth-order valence-corrected chi connectivity index (χ4v) is 4.96. The molecular formula is C26H33NO5S. The van der Waals surface area contributed by atoms with Gasteiger partial charge in [-0.15, -0.1) is 0 Å². The quantitative estimate of drug-likeness (QED) is 0.607. The molecule has 0 aromatic heterocycles. The molecule has 2 atom stereocenters. The molecule has 7 heteroatoms. The molecule has 2 aromatic rings. The second-order valence-corrected chi connectivity index (χ2v) is 9.78. The van der Waals surface area contributed by atoms with Gasteiger partial charge in [0.15, 0.2) is 0 Å². The SMILES string of the molecule is CC.Cc1c(C)c2c(c(C)c1O)CCC(C)(COc1ccc(CC3SC(=O)NC3=O)cc1)O2. The first-order chi connectivity index (χ1) is 15.7. The van der Waals surface area contributed by atoms with Gasteiger partial charge in [-0.1, -0.05) is 37.7 Å². The molecule has 2 N–H and O–H groups in total. The smallest absolute Gasteiger partial charge is 0.286 e. The molecule has 0 bridgehead atoms. The van der Waals surface area contributed by atoms with Crippen LogP contribution in [0, 0.1) is 20.8 Å². The topological polar surface area (TPSA) is 84.9 Å². The highest BCUT2D eigenvalue weighted by Gasteiger charge is 2.35. The summed E-state index contributed by atoms with van der Waals surface area (Å²) >= 11 is 1.04. The molecule has 0 aliphatic carbocycles. The first kappa shape index (κ1) is 25.0. The van der Waals surface area contributed by atoms with Crippen LogP contribution < -0.4 is 14.8 Å². The van der Waals surface area contributed by atoms with E-state index in [1.165, 1.54) is 0 Å². The Morgan fingerprint density at radius 1 is 1.12 bits per heavy atom. The van der Waals surface area contributed by atoms with E-state index < -0.39 is 5.60 Å². The first-order valence-electron chi connectivity index (χ1n) is 11.4. The van der Waals surface area contributed by atoms with E-state index in [0.29, 0.717) is 18.8 Å². The number of thioether (sulfide) groups is 1. The van der Waals surface area contributed by atoms with Crippen LogP contribution in [0.15, 0.2) is 24.3 Å². The lowest BCUT2D eigenvalue weighted by Gasteiger charge is -2.37. The highest BCUT2D eigenvalue weighted by atomic mass is 32.2. The van der Waals surface area contributed by atoms with Crippen LogP contribution in [0.5, 0.6) is 17.2 Å². The minimum Gasteiger partial charge on any atom is -0.507 e. The third-order valence-electron chi connectivity index (χ3n) is 6.25. The van der Waals surface area contributed by atoms with E-state index in [1.807, 2.05) is 65.8 Å². The predicted molar refractivity (Wildman–Crippen MR) is 132 cm³/mol. The maximum Gasteiger partial charge on any atom is 0.286 e. The normalized spacial score (nSPS) is 21.5. The zero-order chi connectivity index (χ0) is 24.3. The molecule has 178 valence electrons. The number of nitrogens with one attached hydrogen (secondary N) is 1. The maximum atomic E-state index is 11.7. The van der Waals surface area contributed by atoms with Crippen LogP contribution >= 0.6 is 11.8 Å². The van der Waals surface area contributed by atoms with Crippen LogP contribution in [0.25, 0.3) is 0 Å². The molecule has 2 heterocycles. The van der Waals surface area contributed by atoms with Crippen LogP contribution in [-0.2, 0) is 17.6 Å². The Balaban J connectivity index is 0.00000149. The molecule has 2 aliphatic rings. The second kappa shape index (κ2) is 10.1. The number of carbonyl (C=O) groups excluding carboxylic acids is 2. The van der Waals surface area contributed by atoms with Gasteiger partial charge in [-0.05, 0) is 81.3 Å². The molecule has 0 spiro atoms. The fraction of sp³-hybridized carbons (Fsp3) is 0.462. The van der Waals surface area contributed by atoms with E-state index in [2.05, 4.69) is 5.32 Å². The van der Waals surface area contributed by atoms with Crippen molar-refractivity contribution in [3.8, 4) is 17.2 Å². The highest BCUT2D eigenvalue weighted by Crippen LogP contribution is 2.43. The van der Waals surface area contributed by atoms with Gasteiger partial charge < -0.3 is 14.6 Å². The molecule has 2 aromatic carbocycles. The summed E-state index contributed by atoms with van der Waals surface area (Å²) in [7, 11) is 0. The lowest BCUT2D eigenvalue weighted by molar-refractivity contribution is -0.118. The summed E-state index contributed by atoms with van der Waals surface area (Å²) in [6, 6.07) is 7.61. The number of imide groups is 1. The number of phenols is 1. The Hall–Kier alpha value is -2.67. The average molecular weight is 472 g/mol. The lowest BCUT2D eigenvalue weighted by atomic mass is 9.87. The second-order valence-electron chi connectivity index (χ2n) is 8.60. The molecular weight excluding hydrogens is 438 g/mol. The third kappa shape index (κ3) is 5.29. The summed E-state index contributed by atoms with van der Waals surface area (Å²) in [5, 5.41) is 12.0. The largest absolute Gasteiger partial charge is 0.507 e. The number of phenolic OH excluding ortho intramolecular Hbond substituents is 1. The number of benzene rings is 2. The van der Waals surface area contributed by atoms with Gasteiger partial charge in [-0.3, -0.25) is 14.9 Å². The number of hydrogen-bond acceptors (Lipinski definition) is 6. The van der Waals surface area contributed by atoms with E-state index in [9.17, 15) is 14.7 Å². The van der Waals surface area contributed by atoms with E-state index in [0.717, 1.165) is 63.9 Å². The third-order valence-corrected chi connectivity index (χ3v) is 7.23. The maximum absolute atomic E-state index is 11.7. The van der Waals surface area contributed by atoms with Crippen molar-refractivity contribution in [2.45, 2.75) is 71.7 Å². The summed E-state index contributed by atoms with van der Waals surface area (Å²) < 4.78 is 12.4. The van der Waals surface area contributed by atoms with Crippen LogP contribution in [0.3, 0.4) is 0 Å². The number of fused-ring (bicyclic) bond motifs is 1. The Kier molecular flexibility index (Phi) is 7.62. The number of ether oxygens (including phenoxy) is 2. The molecule has 2 unspecified atom stereocenters. The monoisotopic (exact) mass is 471 g/mol. The Bertz CT molecular complexity index is 1050. The van der Waals surface area contributed by atoms with Crippen molar-refractivity contribution in [3.63, 3.8) is 0 Å². The highest BCUT2D eigenvalue weighted by molar-refractivity contribution is 8.15. The molecule has 0 radical (unpaired) electrons. The van der Waals surface area contributed by atoms with Crippen molar-refractivity contribution in [3.05, 3.63) is 52.1 Å². The van der Waals surface area contributed by atoms with Gasteiger partial charge in [0.1, 0.15) is 29.5 Å². The van der Waals surface area contributed by atoms with Gasteiger partial charge in [0.25, 0.3) is 5.24 Å². The summed E-state index contributed by atoms with van der Waals surface area (Å²) in [5.41, 5.74) is 4.31. The van der Waals surface area contributed by atoms with Gasteiger partial charge in [-0.25, -0.2) is 0 Å². The molecule has 33 heavy (non-hydrogen) atoms. The molecule has 1 saturated heterocycles. The summed E-state index contributed by atoms with van der Waals surface area (Å²) in [6.07, 6.45) is 2.13. The predicted octanol–water partition coefficient (Wildman–Crippen LogP) is 5.40. The number of hydrogen-bond donors (Lipinski definition) is 2. The minimum absolute atomic E-state index is 0.230. The molecule has 1 fully saturated rings. The molecule has 2 amide bonds. The van der Waals surface area contributed by atoms with Crippen molar-refractivity contribution in [1.82, 2.24) is 5.32 Å². The average Bonchev–Trinajstić information content (AvgIpc) is 3.13. The summed E-state index contributed by atoms with van der Waals surface area (Å²) in [6.45, 7) is 12.3. The van der Waals surface area contributed by atoms with E-state index in [1.54, 1.807) is 0 Å². The number of aromatic hydroxyl groups is 1. The van der Waals surface area contributed by atoms with Gasteiger partial charge in [0.05, 0.1) is 5.25 Å². The van der Waals surface area contributed by atoms with Gasteiger partial charge >= 0.3 is 0 Å². The Labute approximate surface area is 200 Å². The minimum atomic E-state index is -0.467. The van der Waals surface area contributed by atoms with Gasteiger partial charge in [-0.2, -0.15) is 0 Å². The number of amides is 2. The van der Waals surface area contributed by atoms with Gasteiger partial charge in [0, 0.05) is 5.56 Å². The van der Waals surface area contributed by atoms with Crippen molar-refractivity contribution >= 4 is 22.9 Å². The van der Waals surface area contributed by atoms with Crippen LogP contribution in [0.4, 0.5) is 4.79 Å². The van der Waals surface area contributed by atoms with E-state index in [-0.39, 0.29) is 16.4 Å². The zero-order valence-electron chi connectivity index (χ0n) is 20.2. The molecule has 6 nitrogen and oxygen atoms in total. The Morgan fingerprint density at radius 2 is 1.79 bits per heavy atom. The standard InChI is InChI=1S/C24H27NO5S.C2H6/c1-13-14(2)21-18(15(3)20(13)26)9-10-24(4,30-21)12-29-17-7-5-16(6-8-17)11-19-22(27)25-23(28)31-19;1-2/h5-8,19,26H,9-12H2,1-4H3,(H,25,27,28);1-2H3. The molecule has 4 rings (SSSR count). The van der Waals surface area contributed by atoms with Crippen LogP contribution in [-0.4, -0.2) is 33.7 Å². The van der Waals surface area contributed by atoms with Crippen molar-refractivity contribution < 1.29 is 24.2 Å². The van der Waals surface area contributed by atoms with Gasteiger partial charge in [0.2, 0.25) is 5.91 Å². The fourth-order valence-electron chi connectivity index (χ4n) is 4.10. The van der Waals surface area contributed by atoms with Crippen molar-refractivity contribution in [1.29, 1.82) is 0 Å². The lowest BCUT2D eigenvalue weighted by Crippen LogP contribution is -2.42. The van der Waals surface area contributed by atoms with Crippen molar-refractivity contribution in [2.75, 3.05) is 6.61 Å². The van der Waals surface area contributed by atoms with Crippen molar-refractivity contribution in [2.24, 2.45) is 0 Å². The van der Waals surface area contributed by atoms with Crippen LogP contribution in [0.1, 0.15) is 55.0 Å². The summed E-state index contributed by atoms with van der Waals surface area (Å²) in [5.74, 6) is 1.72. The van der Waals surface area contributed by atoms with Crippen LogP contribution in [0.2, 0.25) is 0 Å². The summed E-state index contributed by atoms with van der Waals surface area (Å²) in [4.78, 5) is 23.0. The van der Waals surface area contributed by atoms with E-state index in [4.69, 9.17) is 9.47 Å². The zero-order valence-corrected chi connectivity index (χ0v) is 21.0. The number of rotatable bonds is 5. The Morgan fingerprint density at radius 3 is 2.39 bits per heavy atom. The van der Waals surface area contributed by atoms with E-state index >= 15 is 0 Å². The molecule has 2 aliphatic heterocycles. The number of carbonyl (C=O) groups is 2.